The largest absolute Gasteiger partial charge is 0.353 e. The summed E-state index contributed by atoms with van der Waals surface area (Å²) in [6.45, 7) is 2.01. The van der Waals surface area contributed by atoms with E-state index in [2.05, 4.69) is 20.3 Å². The summed E-state index contributed by atoms with van der Waals surface area (Å²) in [5.74, 6) is 0.418. The number of carbonyl (C=O) groups is 1. The molecule has 1 aromatic carbocycles. The number of nitrogens with zero attached hydrogens (tertiary/aromatic N) is 5. The number of hydrogen-bond donors (Lipinski definition) is 1. The van der Waals surface area contributed by atoms with Crippen molar-refractivity contribution in [2.24, 2.45) is 0 Å². The first-order chi connectivity index (χ1) is 14.1. The Hall–Kier alpha value is -2.87. The van der Waals surface area contributed by atoms with Gasteiger partial charge in [-0.3, -0.25) is 4.79 Å². The molecule has 0 spiro atoms. The topological polar surface area (TPSA) is 84.5 Å². The zero-order valence-corrected chi connectivity index (χ0v) is 16.8. The number of rotatable bonds is 5. The quantitative estimate of drug-likeness (QED) is 0.692. The summed E-state index contributed by atoms with van der Waals surface area (Å²) in [6.07, 6.45) is 7.81. The maximum Gasteiger partial charge on any atom is 0.350 e. The zero-order valence-electron chi connectivity index (χ0n) is 16.1. The molecule has 1 N–H and O–H groups in total. The molecule has 1 aliphatic heterocycles. The summed E-state index contributed by atoms with van der Waals surface area (Å²) >= 11 is 5.87. The highest BCUT2D eigenvalue weighted by Crippen LogP contribution is 2.20. The molecule has 2 aromatic heterocycles. The Bertz CT molecular complexity index is 1050. The molecule has 29 heavy (non-hydrogen) atoms. The van der Waals surface area contributed by atoms with Crippen LogP contribution in [0.5, 0.6) is 0 Å². The van der Waals surface area contributed by atoms with Crippen molar-refractivity contribution in [1.82, 2.24) is 24.5 Å². The SMILES string of the molecule is O=C(Cn1nc2c(N3CCCCCC3)nccn2c1=O)NCc1ccc(Cl)cc1. The van der Waals surface area contributed by atoms with Crippen molar-refractivity contribution in [1.29, 1.82) is 0 Å². The van der Waals surface area contributed by atoms with Crippen molar-refractivity contribution in [3.05, 3.63) is 57.7 Å². The van der Waals surface area contributed by atoms with Gasteiger partial charge >= 0.3 is 5.69 Å². The average Bonchev–Trinajstić information content (AvgIpc) is 2.90. The van der Waals surface area contributed by atoms with Crippen molar-refractivity contribution < 1.29 is 4.79 Å². The first-order valence-electron chi connectivity index (χ1n) is 9.82. The molecule has 3 heterocycles. The van der Waals surface area contributed by atoms with E-state index in [0.717, 1.165) is 31.5 Å². The van der Waals surface area contributed by atoms with Crippen molar-refractivity contribution in [3.8, 4) is 0 Å². The Morgan fingerprint density at radius 2 is 1.83 bits per heavy atom. The van der Waals surface area contributed by atoms with Crippen LogP contribution < -0.4 is 15.9 Å². The van der Waals surface area contributed by atoms with Crippen molar-refractivity contribution in [2.45, 2.75) is 38.8 Å². The molecule has 0 aliphatic carbocycles. The van der Waals surface area contributed by atoms with E-state index in [1.165, 1.54) is 21.9 Å². The lowest BCUT2D eigenvalue weighted by molar-refractivity contribution is -0.122. The number of fused-ring (bicyclic) bond motifs is 1. The highest BCUT2D eigenvalue weighted by atomic mass is 35.5. The van der Waals surface area contributed by atoms with Gasteiger partial charge in [0.15, 0.2) is 5.82 Å². The number of carbonyl (C=O) groups excluding carboxylic acids is 1. The van der Waals surface area contributed by atoms with Gasteiger partial charge in [-0.15, -0.1) is 5.10 Å². The molecule has 8 nitrogen and oxygen atoms in total. The van der Waals surface area contributed by atoms with Crippen LogP contribution in [0.4, 0.5) is 5.82 Å². The number of benzene rings is 1. The number of aromatic nitrogens is 4. The van der Waals surface area contributed by atoms with Crippen LogP contribution in [0.2, 0.25) is 5.02 Å². The second-order valence-corrected chi connectivity index (χ2v) is 7.63. The van der Waals surface area contributed by atoms with E-state index in [4.69, 9.17) is 11.6 Å². The van der Waals surface area contributed by atoms with Gasteiger partial charge in [0.1, 0.15) is 6.54 Å². The van der Waals surface area contributed by atoms with Crippen molar-refractivity contribution in [3.63, 3.8) is 0 Å². The van der Waals surface area contributed by atoms with Gasteiger partial charge in [-0.2, -0.15) is 0 Å². The van der Waals surface area contributed by atoms with E-state index in [1.54, 1.807) is 24.5 Å². The minimum Gasteiger partial charge on any atom is -0.353 e. The molecule has 1 fully saturated rings. The Kier molecular flexibility index (Phi) is 5.80. The van der Waals surface area contributed by atoms with Crippen LogP contribution in [0.1, 0.15) is 31.2 Å². The zero-order chi connectivity index (χ0) is 20.2. The monoisotopic (exact) mass is 414 g/mol. The van der Waals surface area contributed by atoms with Gasteiger partial charge in [-0.25, -0.2) is 18.9 Å². The van der Waals surface area contributed by atoms with E-state index in [-0.39, 0.29) is 18.1 Å². The molecule has 9 heteroatoms. The number of halogens is 1. The third-order valence-corrected chi connectivity index (χ3v) is 5.34. The third kappa shape index (κ3) is 4.42. The predicted molar refractivity (Wildman–Crippen MR) is 111 cm³/mol. The lowest BCUT2D eigenvalue weighted by Gasteiger charge is -2.20. The van der Waals surface area contributed by atoms with Crippen LogP contribution in [0, 0.1) is 0 Å². The molecule has 0 saturated carbocycles. The average molecular weight is 415 g/mol. The lowest BCUT2D eigenvalue weighted by Crippen LogP contribution is -2.32. The van der Waals surface area contributed by atoms with Crippen LogP contribution >= 0.6 is 11.6 Å². The van der Waals surface area contributed by atoms with Crippen LogP contribution in [0.15, 0.2) is 41.5 Å². The molecule has 3 aromatic rings. The number of hydrogen-bond acceptors (Lipinski definition) is 5. The molecule has 1 saturated heterocycles. The van der Waals surface area contributed by atoms with Gasteiger partial charge in [0.25, 0.3) is 0 Å². The Morgan fingerprint density at radius 3 is 2.55 bits per heavy atom. The fraction of sp³-hybridized carbons (Fsp3) is 0.400. The van der Waals surface area contributed by atoms with Crippen LogP contribution in [0.25, 0.3) is 5.65 Å². The first kappa shape index (κ1) is 19.4. The summed E-state index contributed by atoms with van der Waals surface area (Å²) in [5.41, 5.74) is 1.07. The van der Waals surface area contributed by atoms with Gasteiger partial charge in [0.05, 0.1) is 0 Å². The summed E-state index contributed by atoms with van der Waals surface area (Å²) in [7, 11) is 0. The minimum absolute atomic E-state index is 0.145. The maximum atomic E-state index is 12.7. The molecule has 0 radical (unpaired) electrons. The minimum atomic E-state index is -0.347. The standard InChI is InChI=1S/C20H23ClN6O2/c21-16-7-5-15(6-8-16)13-23-17(28)14-27-20(29)26-12-9-22-18(19(26)24-27)25-10-3-1-2-4-11-25/h5-9,12H,1-4,10-11,13-14H2,(H,23,28). The van der Waals surface area contributed by atoms with Crippen molar-refractivity contribution >= 4 is 29.0 Å². The van der Waals surface area contributed by atoms with Gasteiger partial charge < -0.3 is 10.2 Å². The number of amides is 1. The lowest BCUT2D eigenvalue weighted by atomic mass is 10.2. The predicted octanol–water partition coefficient (Wildman–Crippen LogP) is 2.24. The summed E-state index contributed by atoms with van der Waals surface area (Å²) < 4.78 is 2.65. The molecule has 1 amide bonds. The molecule has 1 aliphatic rings. The van der Waals surface area contributed by atoms with Gasteiger partial charge in [0.2, 0.25) is 11.6 Å². The number of nitrogens with one attached hydrogen (secondary N) is 1. The molecule has 0 bridgehead atoms. The van der Waals surface area contributed by atoms with Crippen LogP contribution in [0.3, 0.4) is 0 Å². The van der Waals surface area contributed by atoms with Gasteiger partial charge in [0, 0.05) is 37.1 Å². The Balaban J connectivity index is 1.51. The van der Waals surface area contributed by atoms with E-state index in [1.807, 2.05) is 12.1 Å². The smallest absolute Gasteiger partial charge is 0.350 e. The van der Waals surface area contributed by atoms with E-state index in [9.17, 15) is 9.59 Å². The van der Waals surface area contributed by atoms with E-state index < -0.39 is 0 Å². The fourth-order valence-electron chi connectivity index (χ4n) is 3.54. The number of anilines is 1. The Morgan fingerprint density at radius 1 is 1.10 bits per heavy atom. The normalized spacial score (nSPS) is 14.7. The van der Waals surface area contributed by atoms with Crippen LogP contribution in [-0.4, -0.2) is 38.2 Å². The maximum absolute atomic E-state index is 12.7. The highest BCUT2D eigenvalue weighted by Gasteiger charge is 2.19. The molecule has 152 valence electrons. The molecule has 4 rings (SSSR count). The molecular formula is C20H23ClN6O2. The fourth-order valence-corrected chi connectivity index (χ4v) is 3.66. The van der Waals surface area contributed by atoms with E-state index in [0.29, 0.717) is 23.0 Å². The van der Waals surface area contributed by atoms with Crippen LogP contribution in [-0.2, 0) is 17.9 Å². The Labute approximate surface area is 173 Å². The van der Waals surface area contributed by atoms with Gasteiger partial charge in [-0.05, 0) is 30.5 Å². The molecule has 0 atom stereocenters. The van der Waals surface area contributed by atoms with E-state index >= 15 is 0 Å². The second kappa shape index (κ2) is 8.65. The molecule has 0 unspecified atom stereocenters. The highest BCUT2D eigenvalue weighted by molar-refractivity contribution is 6.30. The van der Waals surface area contributed by atoms with Gasteiger partial charge in [-0.1, -0.05) is 36.6 Å². The third-order valence-electron chi connectivity index (χ3n) is 5.08. The molecular weight excluding hydrogens is 392 g/mol. The summed E-state index contributed by atoms with van der Waals surface area (Å²) in [6, 6.07) is 7.23. The second-order valence-electron chi connectivity index (χ2n) is 7.19. The summed E-state index contributed by atoms with van der Waals surface area (Å²) in [4.78, 5) is 31.7. The van der Waals surface area contributed by atoms with Crippen molar-refractivity contribution in [2.75, 3.05) is 18.0 Å². The summed E-state index contributed by atoms with van der Waals surface area (Å²) in [5, 5.41) is 7.86. The first-order valence-corrected chi connectivity index (χ1v) is 10.2.